The molecule has 0 radical (unpaired) electrons. The SMILES string of the molecule is C=C(C(=O)OS(=O)[O-])C(F)(F)F. The summed E-state index contributed by atoms with van der Waals surface area (Å²) < 4.78 is 57.0. The maximum atomic E-state index is 11.5. The highest BCUT2D eigenvalue weighted by Gasteiger charge is 2.38. The second-order valence-corrected chi connectivity index (χ2v) is 2.13. The maximum Gasteiger partial charge on any atom is 0.422 e. The van der Waals surface area contributed by atoms with Gasteiger partial charge in [0.15, 0.2) is 0 Å². The third-order valence-electron chi connectivity index (χ3n) is 0.732. The third-order valence-corrected chi connectivity index (χ3v) is 1.02. The summed E-state index contributed by atoms with van der Waals surface area (Å²) in [6.07, 6.45) is -4.98. The van der Waals surface area contributed by atoms with Crippen molar-refractivity contribution in [1.29, 1.82) is 0 Å². The summed E-state index contributed by atoms with van der Waals surface area (Å²) in [6.45, 7) is 2.31. The first-order valence-corrected chi connectivity index (χ1v) is 3.33. The van der Waals surface area contributed by atoms with E-state index in [1.165, 1.54) is 0 Å². The zero-order valence-corrected chi connectivity index (χ0v) is 6.20. The Kier molecular flexibility index (Phi) is 3.40. The average Bonchev–Trinajstić information content (AvgIpc) is 1.82. The van der Waals surface area contributed by atoms with Crippen LogP contribution in [0.5, 0.6) is 0 Å². The van der Waals surface area contributed by atoms with Crippen molar-refractivity contribution >= 4 is 17.3 Å². The Labute approximate surface area is 67.5 Å². The summed E-state index contributed by atoms with van der Waals surface area (Å²) in [5, 5.41) is 0. The van der Waals surface area contributed by atoms with Gasteiger partial charge in [0.25, 0.3) is 0 Å². The first kappa shape index (κ1) is 11.1. The zero-order valence-electron chi connectivity index (χ0n) is 5.38. The van der Waals surface area contributed by atoms with Crippen molar-refractivity contribution < 1.29 is 30.9 Å². The maximum absolute atomic E-state index is 11.5. The normalized spacial score (nSPS) is 13.7. The molecule has 70 valence electrons. The molecule has 0 bridgehead atoms. The third kappa shape index (κ3) is 3.49. The smallest absolute Gasteiger partial charge is 0.422 e. The Bertz CT molecular complexity index is 233. The second kappa shape index (κ2) is 3.68. The van der Waals surface area contributed by atoms with Crippen molar-refractivity contribution in [2.75, 3.05) is 0 Å². The molecule has 0 aromatic rings. The molecule has 0 heterocycles. The molecule has 0 N–H and O–H groups in total. The molecule has 0 saturated heterocycles. The molecule has 0 aromatic carbocycles. The molecule has 0 saturated carbocycles. The molecule has 0 aliphatic rings. The number of rotatable bonds is 2. The number of hydrogen-bond donors (Lipinski definition) is 0. The highest BCUT2D eigenvalue weighted by atomic mass is 32.2. The Morgan fingerprint density at radius 2 is 1.92 bits per heavy atom. The summed E-state index contributed by atoms with van der Waals surface area (Å²) in [5.74, 6) is -2.03. The van der Waals surface area contributed by atoms with Crippen molar-refractivity contribution in [3.63, 3.8) is 0 Å². The second-order valence-electron chi connectivity index (χ2n) is 1.55. The van der Waals surface area contributed by atoms with Gasteiger partial charge in [-0.15, -0.1) is 0 Å². The zero-order chi connectivity index (χ0) is 9.94. The van der Waals surface area contributed by atoms with Crippen molar-refractivity contribution in [3.05, 3.63) is 12.2 Å². The molecule has 1 unspecified atom stereocenters. The summed E-state index contributed by atoms with van der Waals surface area (Å²) >= 11 is -3.31. The van der Waals surface area contributed by atoms with Crippen molar-refractivity contribution in [2.24, 2.45) is 0 Å². The quantitative estimate of drug-likeness (QED) is 0.482. The Balaban J connectivity index is 4.32. The number of halogens is 3. The van der Waals surface area contributed by atoms with Crippen LogP contribution in [0.25, 0.3) is 0 Å². The van der Waals surface area contributed by atoms with E-state index in [0.29, 0.717) is 0 Å². The fourth-order valence-electron chi connectivity index (χ4n) is 0.228. The van der Waals surface area contributed by atoms with E-state index >= 15 is 0 Å². The van der Waals surface area contributed by atoms with Gasteiger partial charge in [0.2, 0.25) is 0 Å². The van der Waals surface area contributed by atoms with Crippen molar-refractivity contribution in [3.8, 4) is 0 Å². The number of carbonyl (C=O) groups is 1. The van der Waals surface area contributed by atoms with Crippen molar-refractivity contribution in [1.82, 2.24) is 0 Å². The van der Waals surface area contributed by atoms with Crippen LogP contribution >= 0.6 is 0 Å². The molecule has 0 aliphatic heterocycles. The largest absolute Gasteiger partial charge is 0.740 e. The number of alkyl halides is 3. The highest BCUT2D eigenvalue weighted by Crippen LogP contribution is 2.24. The summed E-state index contributed by atoms with van der Waals surface area (Å²) in [5.41, 5.74) is -1.87. The van der Waals surface area contributed by atoms with E-state index in [2.05, 4.69) is 10.8 Å². The van der Waals surface area contributed by atoms with Crippen LogP contribution in [0, 0.1) is 0 Å². The van der Waals surface area contributed by atoms with E-state index in [1.54, 1.807) is 0 Å². The minimum absolute atomic E-state index is 1.87. The van der Waals surface area contributed by atoms with E-state index in [-0.39, 0.29) is 0 Å². The van der Waals surface area contributed by atoms with Gasteiger partial charge in [-0.3, -0.25) is 0 Å². The average molecular weight is 203 g/mol. The Hall–Kier alpha value is -0.890. The molecule has 0 amide bonds. The van der Waals surface area contributed by atoms with E-state index in [0.717, 1.165) is 0 Å². The number of carbonyl (C=O) groups excluding carboxylic acids is 1. The molecule has 1 atom stereocenters. The predicted octanol–water partition coefficient (Wildman–Crippen LogP) is 0.442. The van der Waals surface area contributed by atoms with Gasteiger partial charge in [0.1, 0.15) is 16.9 Å². The fourth-order valence-corrected chi connectivity index (χ4v) is 0.452. The summed E-state index contributed by atoms with van der Waals surface area (Å²) in [7, 11) is 0. The van der Waals surface area contributed by atoms with Gasteiger partial charge in [0, 0.05) is 0 Å². The van der Waals surface area contributed by atoms with Crippen LogP contribution in [0.3, 0.4) is 0 Å². The minimum atomic E-state index is -4.98. The van der Waals surface area contributed by atoms with Crippen LogP contribution in [0.1, 0.15) is 0 Å². The van der Waals surface area contributed by atoms with E-state index in [9.17, 15) is 26.7 Å². The van der Waals surface area contributed by atoms with E-state index in [1.807, 2.05) is 0 Å². The van der Waals surface area contributed by atoms with Crippen LogP contribution < -0.4 is 0 Å². The van der Waals surface area contributed by atoms with Gasteiger partial charge in [0.05, 0.1) is 0 Å². The van der Waals surface area contributed by atoms with Gasteiger partial charge in [-0.05, 0) is 0 Å². The molecule has 8 heteroatoms. The van der Waals surface area contributed by atoms with Gasteiger partial charge in [-0.1, -0.05) is 6.58 Å². The van der Waals surface area contributed by atoms with Gasteiger partial charge in [-0.25, -0.2) is 9.00 Å². The van der Waals surface area contributed by atoms with Gasteiger partial charge >= 0.3 is 12.1 Å². The summed E-state index contributed by atoms with van der Waals surface area (Å²) in [4.78, 5) is 10.2. The van der Waals surface area contributed by atoms with Gasteiger partial charge in [-0.2, -0.15) is 13.2 Å². The molecule has 0 spiro atoms. The topological polar surface area (TPSA) is 66.4 Å². The molecule has 0 aliphatic carbocycles. The van der Waals surface area contributed by atoms with Crippen LogP contribution in [0.15, 0.2) is 12.2 Å². The lowest BCUT2D eigenvalue weighted by molar-refractivity contribution is -0.141. The lowest BCUT2D eigenvalue weighted by Crippen LogP contribution is -2.21. The first-order valence-electron chi connectivity index (χ1n) is 2.33. The molecular formula is C4H2F3O4S-. The highest BCUT2D eigenvalue weighted by molar-refractivity contribution is 7.74. The lowest BCUT2D eigenvalue weighted by Gasteiger charge is -2.09. The molecule has 0 aromatic heterocycles. The van der Waals surface area contributed by atoms with Crippen LogP contribution in [-0.4, -0.2) is 20.9 Å². The Morgan fingerprint density at radius 3 is 2.17 bits per heavy atom. The molecule has 0 fully saturated rings. The van der Waals surface area contributed by atoms with E-state index in [4.69, 9.17) is 0 Å². The fraction of sp³-hybridized carbons (Fsp3) is 0.250. The van der Waals surface area contributed by atoms with Crippen LogP contribution in [0.4, 0.5) is 13.2 Å². The van der Waals surface area contributed by atoms with E-state index < -0.39 is 29.1 Å². The molecule has 12 heavy (non-hydrogen) atoms. The molecule has 4 nitrogen and oxygen atoms in total. The van der Waals surface area contributed by atoms with Crippen LogP contribution in [-0.2, 0) is 20.3 Å². The monoisotopic (exact) mass is 203 g/mol. The van der Waals surface area contributed by atoms with Crippen LogP contribution in [0.2, 0.25) is 0 Å². The Morgan fingerprint density at radius 1 is 1.50 bits per heavy atom. The molecular weight excluding hydrogens is 201 g/mol. The number of hydrogen-bond acceptors (Lipinski definition) is 4. The predicted molar refractivity (Wildman–Crippen MR) is 30.2 cm³/mol. The molecule has 0 rings (SSSR count). The minimum Gasteiger partial charge on any atom is -0.740 e. The standard InChI is InChI=1S/C4H3F3O4S/c1-2(4(5,6)7)3(8)11-12(9)10/h1H2,(H,9,10)/p-1. The summed E-state index contributed by atoms with van der Waals surface area (Å²) in [6, 6.07) is 0. The lowest BCUT2D eigenvalue weighted by atomic mass is 10.3. The van der Waals surface area contributed by atoms with Gasteiger partial charge < -0.3 is 8.74 Å². The first-order chi connectivity index (χ1) is 5.25. The van der Waals surface area contributed by atoms with Crippen molar-refractivity contribution in [2.45, 2.75) is 6.18 Å².